The third-order valence-corrected chi connectivity index (χ3v) is 12.4. The average molecular weight is 751 g/mol. The highest BCUT2D eigenvalue weighted by Crippen LogP contribution is 2.43. The molecule has 4 heterocycles. The fourth-order valence-corrected chi connectivity index (χ4v) is 9.92. The van der Waals surface area contributed by atoms with Gasteiger partial charge in [0.2, 0.25) is 0 Å². The standard InChI is InChI=1S/C55H34N4/c1-2-16-36(17-3-1)59-51-28-13-7-22-42(51)45-31-30-44-39-19-4-9-24-47(39)56-54(53(44)55(45)59)35-15-14-18-37(33-35)57-50-27-12-8-23-43(50)46-34-38(29-32-52(46)57)58-48-25-10-5-20-40(48)41-21-6-11-26-49(41)58/h1-34H. The maximum Gasteiger partial charge on any atom is 0.0810 e. The number of aromatic nitrogens is 4. The molecule has 274 valence electrons. The summed E-state index contributed by atoms with van der Waals surface area (Å²) in [6.07, 6.45) is 0. The molecule has 0 saturated heterocycles. The lowest BCUT2D eigenvalue weighted by molar-refractivity contribution is 1.16. The summed E-state index contributed by atoms with van der Waals surface area (Å²) in [6, 6.07) is 74.8. The fraction of sp³-hybridized carbons (Fsp3) is 0. The highest BCUT2D eigenvalue weighted by atomic mass is 15.0. The Bertz CT molecular complexity index is 3790. The van der Waals surface area contributed by atoms with Gasteiger partial charge in [-0.2, -0.15) is 0 Å². The van der Waals surface area contributed by atoms with Crippen LogP contribution in [0.3, 0.4) is 0 Å². The summed E-state index contributed by atoms with van der Waals surface area (Å²) in [5, 5.41) is 10.9. The van der Waals surface area contributed by atoms with Crippen LogP contribution in [0.2, 0.25) is 0 Å². The number of fused-ring (bicyclic) bond motifs is 13. The summed E-state index contributed by atoms with van der Waals surface area (Å²) >= 11 is 0. The molecule has 0 atom stereocenters. The molecule has 4 heteroatoms. The van der Waals surface area contributed by atoms with E-state index in [0.717, 1.165) is 50.1 Å². The SMILES string of the molecule is c1ccc(-n2c3ccccc3c3ccc4c5ccccc5nc(-c5cccc(-n6c7ccccc7c7cc(-n8c9ccccc9c9ccccc98)ccc76)c5)c4c32)cc1. The predicted molar refractivity (Wildman–Crippen MR) is 248 cm³/mol. The Kier molecular flexibility index (Phi) is 6.69. The summed E-state index contributed by atoms with van der Waals surface area (Å²) in [4.78, 5) is 5.54. The molecule has 13 rings (SSSR count). The molecule has 4 nitrogen and oxygen atoms in total. The van der Waals surface area contributed by atoms with Gasteiger partial charge in [0, 0.05) is 65.7 Å². The van der Waals surface area contributed by atoms with Crippen LogP contribution in [0.25, 0.3) is 115 Å². The summed E-state index contributed by atoms with van der Waals surface area (Å²) < 4.78 is 7.25. The second kappa shape index (κ2) is 12.3. The highest BCUT2D eigenvalue weighted by molar-refractivity contribution is 6.26. The molecule has 0 aliphatic carbocycles. The van der Waals surface area contributed by atoms with Gasteiger partial charge >= 0.3 is 0 Å². The molecule has 0 spiro atoms. The largest absolute Gasteiger partial charge is 0.309 e. The number of hydrogen-bond donors (Lipinski definition) is 0. The van der Waals surface area contributed by atoms with Crippen molar-refractivity contribution in [3.05, 3.63) is 206 Å². The van der Waals surface area contributed by atoms with Crippen LogP contribution in [-0.2, 0) is 0 Å². The van der Waals surface area contributed by atoms with E-state index in [2.05, 4.69) is 220 Å². The molecule has 0 fully saturated rings. The first kappa shape index (κ1) is 32.2. The molecule has 0 aliphatic heterocycles. The second-order valence-electron chi connectivity index (χ2n) is 15.5. The van der Waals surface area contributed by atoms with E-state index in [9.17, 15) is 0 Å². The van der Waals surface area contributed by atoms with Gasteiger partial charge in [-0.25, -0.2) is 4.98 Å². The normalized spacial score (nSPS) is 12.1. The zero-order valence-electron chi connectivity index (χ0n) is 31.9. The molecule has 0 N–H and O–H groups in total. The van der Waals surface area contributed by atoms with Crippen molar-refractivity contribution < 1.29 is 0 Å². The van der Waals surface area contributed by atoms with Crippen LogP contribution in [0.1, 0.15) is 0 Å². The zero-order chi connectivity index (χ0) is 38.6. The Morgan fingerprint density at radius 3 is 1.46 bits per heavy atom. The zero-order valence-corrected chi connectivity index (χ0v) is 31.9. The number of hydrogen-bond acceptors (Lipinski definition) is 1. The van der Waals surface area contributed by atoms with Crippen molar-refractivity contribution in [2.75, 3.05) is 0 Å². The van der Waals surface area contributed by atoms with E-state index in [1.54, 1.807) is 0 Å². The Morgan fingerprint density at radius 1 is 0.288 bits per heavy atom. The summed E-state index contributed by atoms with van der Waals surface area (Å²) in [5.74, 6) is 0. The van der Waals surface area contributed by atoms with Gasteiger partial charge in [-0.3, -0.25) is 0 Å². The molecular weight excluding hydrogens is 717 g/mol. The van der Waals surface area contributed by atoms with Gasteiger partial charge in [-0.05, 0) is 78.2 Å². The monoisotopic (exact) mass is 750 g/mol. The van der Waals surface area contributed by atoms with E-state index in [4.69, 9.17) is 4.98 Å². The van der Waals surface area contributed by atoms with Crippen LogP contribution < -0.4 is 0 Å². The lowest BCUT2D eigenvalue weighted by atomic mass is 9.97. The Labute approximate surface area is 339 Å². The summed E-state index contributed by atoms with van der Waals surface area (Å²) in [6.45, 7) is 0. The molecule has 0 saturated carbocycles. The number of pyridine rings is 1. The van der Waals surface area contributed by atoms with Gasteiger partial charge in [0.05, 0.1) is 44.3 Å². The fourth-order valence-electron chi connectivity index (χ4n) is 9.92. The lowest BCUT2D eigenvalue weighted by Gasteiger charge is -2.16. The number of para-hydroxylation sites is 6. The second-order valence-corrected chi connectivity index (χ2v) is 15.5. The molecule has 9 aromatic carbocycles. The molecule has 0 unspecified atom stereocenters. The minimum atomic E-state index is 0.973. The maximum absolute atomic E-state index is 5.54. The topological polar surface area (TPSA) is 27.7 Å². The van der Waals surface area contributed by atoms with Crippen LogP contribution in [0, 0.1) is 0 Å². The first-order valence-corrected chi connectivity index (χ1v) is 20.2. The molecule has 0 amide bonds. The van der Waals surface area contributed by atoms with E-state index in [-0.39, 0.29) is 0 Å². The molecule has 13 aromatic rings. The van der Waals surface area contributed by atoms with Gasteiger partial charge in [-0.1, -0.05) is 133 Å². The molecule has 4 aromatic heterocycles. The van der Waals surface area contributed by atoms with Gasteiger partial charge in [0.1, 0.15) is 0 Å². The lowest BCUT2D eigenvalue weighted by Crippen LogP contribution is -1.98. The van der Waals surface area contributed by atoms with Crippen molar-refractivity contribution in [2.24, 2.45) is 0 Å². The van der Waals surface area contributed by atoms with Crippen LogP contribution in [0.15, 0.2) is 206 Å². The van der Waals surface area contributed by atoms with Crippen LogP contribution >= 0.6 is 0 Å². The van der Waals surface area contributed by atoms with Crippen LogP contribution in [-0.4, -0.2) is 18.7 Å². The van der Waals surface area contributed by atoms with Crippen LogP contribution in [0.5, 0.6) is 0 Å². The molecule has 0 aliphatic rings. The van der Waals surface area contributed by atoms with Gasteiger partial charge in [0.15, 0.2) is 0 Å². The predicted octanol–water partition coefficient (Wildman–Crippen LogP) is 14.3. The van der Waals surface area contributed by atoms with Gasteiger partial charge in [0.25, 0.3) is 0 Å². The third-order valence-electron chi connectivity index (χ3n) is 12.4. The smallest absolute Gasteiger partial charge is 0.0810 e. The first-order chi connectivity index (χ1) is 29.3. The van der Waals surface area contributed by atoms with E-state index in [1.165, 1.54) is 65.3 Å². The number of rotatable bonds is 4. The van der Waals surface area contributed by atoms with Crippen LogP contribution in [0.4, 0.5) is 0 Å². The van der Waals surface area contributed by atoms with Crippen molar-refractivity contribution >= 4 is 87.1 Å². The number of benzene rings is 9. The third kappa shape index (κ3) is 4.57. The summed E-state index contributed by atoms with van der Waals surface area (Å²) in [5.41, 5.74) is 13.5. The highest BCUT2D eigenvalue weighted by Gasteiger charge is 2.22. The first-order valence-electron chi connectivity index (χ1n) is 20.2. The van der Waals surface area contributed by atoms with Gasteiger partial charge < -0.3 is 13.7 Å². The Morgan fingerprint density at radius 2 is 0.780 bits per heavy atom. The van der Waals surface area contributed by atoms with Crippen molar-refractivity contribution in [3.8, 4) is 28.3 Å². The van der Waals surface area contributed by atoms with Crippen molar-refractivity contribution in [1.82, 2.24) is 18.7 Å². The Balaban J connectivity index is 1.08. The van der Waals surface area contributed by atoms with E-state index >= 15 is 0 Å². The molecule has 0 radical (unpaired) electrons. The minimum absolute atomic E-state index is 0.973. The molecule has 59 heavy (non-hydrogen) atoms. The maximum atomic E-state index is 5.54. The summed E-state index contributed by atoms with van der Waals surface area (Å²) in [7, 11) is 0. The quantitative estimate of drug-likeness (QED) is 0.165. The van der Waals surface area contributed by atoms with Crippen molar-refractivity contribution in [1.29, 1.82) is 0 Å². The van der Waals surface area contributed by atoms with E-state index < -0.39 is 0 Å². The van der Waals surface area contributed by atoms with Crippen molar-refractivity contribution in [3.63, 3.8) is 0 Å². The number of nitrogens with zero attached hydrogens (tertiary/aromatic N) is 4. The van der Waals surface area contributed by atoms with E-state index in [0.29, 0.717) is 0 Å². The minimum Gasteiger partial charge on any atom is -0.309 e. The van der Waals surface area contributed by atoms with Crippen molar-refractivity contribution in [2.45, 2.75) is 0 Å². The molecular formula is C55H34N4. The van der Waals surface area contributed by atoms with Gasteiger partial charge in [-0.15, -0.1) is 0 Å². The average Bonchev–Trinajstić information content (AvgIpc) is 3.95. The Hall–Kier alpha value is -7.95. The van der Waals surface area contributed by atoms with E-state index in [1.807, 2.05) is 0 Å². The molecule has 0 bridgehead atoms.